The van der Waals surface area contributed by atoms with Crippen LogP contribution in [-0.4, -0.2) is 64.3 Å². The van der Waals surface area contributed by atoms with E-state index in [1.165, 1.54) is 13.2 Å². The van der Waals surface area contributed by atoms with Crippen molar-refractivity contribution < 1.29 is 27.5 Å². The standard InChI is InChI=1S/C30H34N4O6S/c1-4-6-16-33(17-7-5-2)22-14-12-21(13-15-22)18-25-27(23-10-8-9-11-24(23)41(25,37)38)28-29(31)34(19-26(36)39-3)32-30(28)40-20-35/h8-15,18,20,31H,4-7,16-17,19H2,1-3H3/b25-18-,28-27+,31-29?. The number of carbonyl (C=O) groups excluding carboxylic acids is 2. The number of benzene rings is 2. The summed E-state index contributed by atoms with van der Waals surface area (Å²) in [6.07, 6.45) is 5.89. The highest BCUT2D eigenvalue weighted by Crippen LogP contribution is 2.46. The van der Waals surface area contributed by atoms with Crippen molar-refractivity contribution in [3.63, 3.8) is 0 Å². The van der Waals surface area contributed by atoms with Gasteiger partial charge in [-0.15, -0.1) is 5.10 Å². The highest BCUT2D eigenvalue weighted by atomic mass is 32.2. The molecule has 216 valence electrons. The summed E-state index contributed by atoms with van der Waals surface area (Å²) in [6, 6.07) is 14.1. The van der Waals surface area contributed by atoms with E-state index in [0.29, 0.717) is 11.1 Å². The van der Waals surface area contributed by atoms with Gasteiger partial charge in [-0.05, 0) is 42.7 Å². The highest BCUT2D eigenvalue weighted by Gasteiger charge is 2.43. The van der Waals surface area contributed by atoms with Crippen molar-refractivity contribution in [3.05, 3.63) is 70.1 Å². The fourth-order valence-electron chi connectivity index (χ4n) is 4.80. The molecule has 0 saturated heterocycles. The Labute approximate surface area is 240 Å². The predicted octanol–water partition coefficient (Wildman–Crippen LogP) is 4.63. The van der Waals surface area contributed by atoms with E-state index in [9.17, 15) is 18.0 Å². The van der Waals surface area contributed by atoms with Crippen LogP contribution in [0.2, 0.25) is 0 Å². The highest BCUT2D eigenvalue weighted by molar-refractivity contribution is 7.96. The lowest BCUT2D eigenvalue weighted by atomic mass is 9.97. The molecule has 2 heterocycles. The largest absolute Gasteiger partial charge is 0.468 e. The zero-order valence-corrected chi connectivity index (χ0v) is 24.2. The third kappa shape index (κ3) is 6.09. The van der Waals surface area contributed by atoms with Crippen LogP contribution in [0.3, 0.4) is 0 Å². The van der Waals surface area contributed by atoms with Crippen LogP contribution in [0.15, 0.2) is 69.0 Å². The molecule has 2 aliphatic rings. The van der Waals surface area contributed by atoms with Crippen LogP contribution in [0.4, 0.5) is 5.69 Å². The van der Waals surface area contributed by atoms with Gasteiger partial charge in [0.15, 0.2) is 5.84 Å². The summed E-state index contributed by atoms with van der Waals surface area (Å²) in [4.78, 5) is 25.6. The monoisotopic (exact) mass is 578 g/mol. The Morgan fingerprint density at radius 3 is 2.29 bits per heavy atom. The second kappa shape index (κ2) is 12.9. The van der Waals surface area contributed by atoms with Crippen LogP contribution in [0, 0.1) is 5.41 Å². The van der Waals surface area contributed by atoms with Crippen molar-refractivity contribution in [1.82, 2.24) is 5.01 Å². The van der Waals surface area contributed by atoms with Gasteiger partial charge < -0.3 is 14.4 Å². The molecule has 2 aromatic carbocycles. The number of nitrogens with one attached hydrogen (secondary N) is 1. The van der Waals surface area contributed by atoms with Gasteiger partial charge >= 0.3 is 5.97 Å². The molecule has 0 aliphatic carbocycles. The number of unbranched alkanes of at least 4 members (excludes halogenated alkanes) is 2. The molecule has 0 saturated carbocycles. The number of esters is 1. The van der Waals surface area contributed by atoms with E-state index in [0.717, 1.165) is 49.5 Å². The van der Waals surface area contributed by atoms with E-state index in [2.05, 4.69) is 23.8 Å². The van der Waals surface area contributed by atoms with Crippen LogP contribution in [0.5, 0.6) is 0 Å². The number of rotatable bonds is 11. The van der Waals surface area contributed by atoms with Crippen molar-refractivity contribution in [2.45, 2.75) is 44.4 Å². The van der Waals surface area contributed by atoms with E-state index >= 15 is 0 Å². The smallest absolute Gasteiger partial charge is 0.327 e. The van der Waals surface area contributed by atoms with Crippen LogP contribution in [-0.2, 0) is 28.9 Å². The number of amidine groups is 1. The van der Waals surface area contributed by atoms with Crippen LogP contribution in [0.25, 0.3) is 11.6 Å². The summed E-state index contributed by atoms with van der Waals surface area (Å²) in [5.74, 6) is -1.24. The second-order valence-corrected chi connectivity index (χ2v) is 11.5. The Morgan fingerprint density at radius 1 is 1.02 bits per heavy atom. The Morgan fingerprint density at radius 2 is 1.68 bits per heavy atom. The molecule has 2 aromatic rings. The minimum Gasteiger partial charge on any atom is -0.468 e. The molecule has 4 rings (SSSR count). The molecule has 0 spiro atoms. The van der Waals surface area contributed by atoms with Gasteiger partial charge in [-0.25, -0.2) is 13.4 Å². The number of sulfone groups is 1. The van der Waals surface area contributed by atoms with Gasteiger partial charge in [0.2, 0.25) is 9.84 Å². The quantitative estimate of drug-likeness (QED) is 0.302. The third-order valence-corrected chi connectivity index (χ3v) is 8.77. The molecule has 0 atom stereocenters. The van der Waals surface area contributed by atoms with Crippen molar-refractivity contribution in [2.75, 3.05) is 31.6 Å². The first-order valence-corrected chi connectivity index (χ1v) is 15.0. The lowest BCUT2D eigenvalue weighted by Gasteiger charge is -2.24. The molecule has 0 radical (unpaired) electrons. The van der Waals surface area contributed by atoms with Gasteiger partial charge in [0, 0.05) is 29.9 Å². The molecule has 0 unspecified atom stereocenters. The first-order valence-electron chi connectivity index (χ1n) is 13.5. The summed E-state index contributed by atoms with van der Waals surface area (Å²) in [6.45, 7) is 5.94. The number of hydrazone groups is 1. The van der Waals surface area contributed by atoms with Crippen molar-refractivity contribution in [2.24, 2.45) is 5.10 Å². The molecule has 0 fully saturated rings. The number of carbonyl (C=O) groups is 2. The van der Waals surface area contributed by atoms with Gasteiger partial charge in [0.1, 0.15) is 6.54 Å². The minimum atomic E-state index is -4.00. The first-order chi connectivity index (χ1) is 19.8. The SMILES string of the molecule is CCCCN(CCCC)c1ccc(/C=C2/C(=C3\C(=N)N(CC(=O)OC)N=C3OC=O)c3ccccc3S2(=O)=O)cc1. The van der Waals surface area contributed by atoms with Crippen molar-refractivity contribution >= 4 is 51.3 Å². The minimum absolute atomic E-state index is 0.0114. The number of allylic oxidation sites excluding steroid dienone is 1. The van der Waals surface area contributed by atoms with Crippen molar-refractivity contribution in [1.29, 1.82) is 5.41 Å². The maximum atomic E-state index is 13.8. The van der Waals surface area contributed by atoms with Gasteiger partial charge in [-0.2, -0.15) is 0 Å². The number of nitrogens with zero attached hydrogens (tertiary/aromatic N) is 3. The van der Waals surface area contributed by atoms with E-state index in [4.69, 9.17) is 14.9 Å². The molecule has 41 heavy (non-hydrogen) atoms. The van der Waals surface area contributed by atoms with Gasteiger partial charge in [-0.3, -0.25) is 15.0 Å². The van der Waals surface area contributed by atoms with Gasteiger partial charge in [0.25, 0.3) is 12.4 Å². The Balaban J connectivity index is 1.83. The van der Waals surface area contributed by atoms with Crippen LogP contribution >= 0.6 is 0 Å². The normalized spacial score (nSPS) is 18.3. The molecule has 2 aliphatic heterocycles. The summed E-state index contributed by atoms with van der Waals surface area (Å²) in [5.41, 5.74) is 2.23. The van der Waals surface area contributed by atoms with E-state index in [1.807, 2.05) is 24.3 Å². The summed E-state index contributed by atoms with van der Waals surface area (Å²) in [5, 5.41) is 13.9. The third-order valence-electron chi connectivity index (χ3n) is 6.94. The zero-order valence-electron chi connectivity index (χ0n) is 23.4. The summed E-state index contributed by atoms with van der Waals surface area (Å²) >= 11 is 0. The lowest BCUT2D eigenvalue weighted by molar-refractivity contribution is -0.140. The molecule has 1 N–H and O–H groups in total. The topological polar surface area (TPSA) is 129 Å². The van der Waals surface area contributed by atoms with Gasteiger partial charge in [0.05, 0.1) is 22.5 Å². The average Bonchev–Trinajstić information content (AvgIpc) is 3.38. The first kappa shape index (κ1) is 29.7. The Bertz CT molecular complexity index is 1520. The molecular formula is C30H34N4O6S. The van der Waals surface area contributed by atoms with Crippen LogP contribution < -0.4 is 4.90 Å². The zero-order chi connectivity index (χ0) is 29.6. The van der Waals surface area contributed by atoms with E-state index < -0.39 is 22.4 Å². The fraction of sp³-hybridized carbons (Fsp3) is 0.333. The number of hydrogen-bond acceptors (Lipinski definition) is 9. The number of hydrogen-bond donors (Lipinski definition) is 1. The molecular weight excluding hydrogens is 544 g/mol. The molecule has 0 amide bonds. The van der Waals surface area contributed by atoms with Gasteiger partial charge in [-0.1, -0.05) is 57.0 Å². The van der Waals surface area contributed by atoms with E-state index in [-0.39, 0.29) is 39.2 Å². The fourth-order valence-corrected chi connectivity index (χ4v) is 6.52. The van der Waals surface area contributed by atoms with E-state index in [1.54, 1.807) is 24.3 Å². The molecule has 10 nitrogen and oxygen atoms in total. The molecule has 11 heteroatoms. The number of fused-ring (bicyclic) bond motifs is 1. The maximum Gasteiger partial charge on any atom is 0.327 e. The summed E-state index contributed by atoms with van der Waals surface area (Å²) in [7, 11) is -2.80. The van der Waals surface area contributed by atoms with Crippen molar-refractivity contribution in [3.8, 4) is 0 Å². The number of ether oxygens (including phenoxy) is 2. The maximum absolute atomic E-state index is 13.8. The molecule has 0 bridgehead atoms. The molecule has 0 aromatic heterocycles. The number of methoxy groups -OCH3 is 1. The lowest BCUT2D eigenvalue weighted by Crippen LogP contribution is -2.29. The number of anilines is 1. The van der Waals surface area contributed by atoms with Crippen LogP contribution in [0.1, 0.15) is 50.7 Å². The summed E-state index contributed by atoms with van der Waals surface area (Å²) < 4.78 is 37.4. The predicted molar refractivity (Wildman–Crippen MR) is 158 cm³/mol. The Kier molecular flexibility index (Phi) is 9.38. The second-order valence-electron chi connectivity index (χ2n) is 9.65. The average molecular weight is 579 g/mol. The Hall–Kier alpha value is -4.25.